The molecule has 0 saturated heterocycles. The summed E-state index contributed by atoms with van der Waals surface area (Å²) in [6.07, 6.45) is 8.41. The maximum absolute atomic E-state index is 12.3. The maximum Gasteiger partial charge on any atom is 0.308 e. The summed E-state index contributed by atoms with van der Waals surface area (Å²) in [5.74, 6) is -1.09. The smallest absolute Gasteiger partial charge is 0.308 e. The Balaban J connectivity index is 2.61. The fraction of sp³-hybridized carbons (Fsp3) is 0.875. The molecule has 2 N–H and O–H groups in total. The summed E-state index contributed by atoms with van der Waals surface area (Å²) in [7, 11) is 0. The molecule has 0 bridgehead atoms. The standard InChI is InChI=1S/C16H29NO3/c1-3-5-9-12(4-2)15(18)17-14-11-8-6-7-10-13(14)16(19)20/h12-14H,3-11H2,1-2H3,(H,17,18)(H,19,20). The van der Waals surface area contributed by atoms with Gasteiger partial charge in [-0.3, -0.25) is 9.59 Å². The highest BCUT2D eigenvalue weighted by Crippen LogP contribution is 2.24. The van der Waals surface area contributed by atoms with E-state index in [1.165, 1.54) is 0 Å². The molecule has 116 valence electrons. The van der Waals surface area contributed by atoms with Gasteiger partial charge in [-0.1, -0.05) is 46.0 Å². The zero-order valence-corrected chi connectivity index (χ0v) is 12.9. The van der Waals surface area contributed by atoms with Gasteiger partial charge in [0.2, 0.25) is 5.91 Å². The van der Waals surface area contributed by atoms with Gasteiger partial charge < -0.3 is 10.4 Å². The number of hydrogen-bond acceptors (Lipinski definition) is 2. The van der Waals surface area contributed by atoms with Crippen LogP contribution in [0.15, 0.2) is 0 Å². The van der Waals surface area contributed by atoms with E-state index in [9.17, 15) is 14.7 Å². The van der Waals surface area contributed by atoms with Crippen molar-refractivity contribution in [2.75, 3.05) is 0 Å². The van der Waals surface area contributed by atoms with Gasteiger partial charge in [0.15, 0.2) is 0 Å². The topological polar surface area (TPSA) is 66.4 Å². The lowest BCUT2D eigenvalue weighted by atomic mass is 9.92. The van der Waals surface area contributed by atoms with Crippen LogP contribution in [0.3, 0.4) is 0 Å². The van der Waals surface area contributed by atoms with Crippen molar-refractivity contribution in [3.05, 3.63) is 0 Å². The van der Waals surface area contributed by atoms with Gasteiger partial charge in [0.25, 0.3) is 0 Å². The van der Waals surface area contributed by atoms with E-state index in [2.05, 4.69) is 12.2 Å². The van der Waals surface area contributed by atoms with Crippen LogP contribution in [0.1, 0.15) is 71.6 Å². The summed E-state index contributed by atoms with van der Waals surface area (Å²) in [6, 6.07) is -0.182. The zero-order valence-electron chi connectivity index (χ0n) is 12.9. The van der Waals surface area contributed by atoms with E-state index in [0.717, 1.165) is 51.4 Å². The molecule has 0 radical (unpaired) electrons. The molecule has 1 saturated carbocycles. The van der Waals surface area contributed by atoms with Crippen LogP contribution in [0, 0.1) is 11.8 Å². The third-order valence-electron chi connectivity index (χ3n) is 4.43. The number of unbranched alkanes of at least 4 members (excludes halogenated alkanes) is 1. The number of nitrogens with one attached hydrogen (secondary N) is 1. The summed E-state index contributed by atoms with van der Waals surface area (Å²) in [6.45, 7) is 4.15. The fourth-order valence-corrected chi connectivity index (χ4v) is 3.05. The Labute approximate surface area is 122 Å². The van der Waals surface area contributed by atoms with Gasteiger partial charge in [-0.15, -0.1) is 0 Å². The highest BCUT2D eigenvalue weighted by molar-refractivity contribution is 5.80. The molecule has 4 nitrogen and oxygen atoms in total. The molecule has 1 aliphatic rings. The maximum atomic E-state index is 12.3. The Morgan fingerprint density at radius 2 is 1.90 bits per heavy atom. The van der Waals surface area contributed by atoms with Crippen molar-refractivity contribution in [3.63, 3.8) is 0 Å². The molecule has 20 heavy (non-hydrogen) atoms. The van der Waals surface area contributed by atoms with E-state index in [0.29, 0.717) is 6.42 Å². The van der Waals surface area contributed by atoms with Gasteiger partial charge in [-0.05, 0) is 25.7 Å². The first-order valence-electron chi connectivity index (χ1n) is 8.13. The van der Waals surface area contributed by atoms with Crippen LogP contribution < -0.4 is 5.32 Å². The molecule has 1 rings (SSSR count). The van der Waals surface area contributed by atoms with Crippen molar-refractivity contribution in [1.82, 2.24) is 5.32 Å². The quantitative estimate of drug-likeness (QED) is 0.704. The number of amides is 1. The molecule has 0 aromatic heterocycles. The van der Waals surface area contributed by atoms with Crippen LogP contribution in [0.2, 0.25) is 0 Å². The molecule has 0 aromatic rings. The van der Waals surface area contributed by atoms with Gasteiger partial charge in [0.1, 0.15) is 0 Å². The minimum Gasteiger partial charge on any atom is -0.481 e. The van der Waals surface area contributed by atoms with Crippen LogP contribution >= 0.6 is 0 Å². The van der Waals surface area contributed by atoms with E-state index >= 15 is 0 Å². The third kappa shape index (κ3) is 5.14. The largest absolute Gasteiger partial charge is 0.481 e. The Morgan fingerprint density at radius 3 is 2.50 bits per heavy atom. The molecule has 1 fully saturated rings. The van der Waals surface area contributed by atoms with Crippen molar-refractivity contribution in [1.29, 1.82) is 0 Å². The van der Waals surface area contributed by atoms with E-state index in [4.69, 9.17) is 0 Å². The van der Waals surface area contributed by atoms with Crippen LogP contribution in [0.25, 0.3) is 0 Å². The molecule has 0 heterocycles. The molecule has 4 heteroatoms. The Bertz CT molecular complexity index is 317. The summed E-state index contributed by atoms with van der Waals surface area (Å²) >= 11 is 0. The molecular weight excluding hydrogens is 254 g/mol. The Morgan fingerprint density at radius 1 is 1.20 bits per heavy atom. The van der Waals surface area contributed by atoms with Crippen molar-refractivity contribution in [2.24, 2.45) is 11.8 Å². The van der Waals surface area contributed by atoms with E-state index in [-0.39, 0.29) is 17.9 Å². The number of aliphatic carboxylic acids is 1. The average Bonchev–Trinajstić information content (AvgIpc) is 2.65. The minimum atomic E-state index is -0.765. The lowest BCUT2D eigenvalue weighted by molar-refractivity contribution is -0.143. The molecule has 0 aliphatic heterocycles. The molecular formula is C16H29NO3. The summed E-state index contributed by atoms with van der Waals surface area (Å²) in [4.78, 5) is 23.7. The van der Waals surface area contributed by atoms with Gasteiger partial charge in [-0.2, -0.15) is 0 Å². The first kappa shape index (κ1) is 17.0. The zero-order chi connectivity index (χ0) is 15.0. The van der Waals surface area contributed by atoms with E-state index in [1.807, 2.05) is 6.92 Å². The van der Waals surface area contributed by atoms with Gasteiger partial charge in [0, 0.05) is 12.0 Å². The predicted molar refractivity (Wildman–Crippen MR) is 79.4 cm³/mol. The lowest BCUT2D eigenvalue weighted by Gasteiger charge is -2.25. The molecule has 0 spiro atoms. The molecule has 1 amide bonds. The second kappa shape index (κ2) is 8.98. The summed E-state index contributed by atoms with van der Waals surface area (Å²) < 4.78 is 0. The number of carbonyl (C=O) groups is 2. The van der Waals surface area contributed by atoms with Crippen LogP contribution in [0.5, 0.6) is 0 Å². The van der Waals surface area contributed by atoms with Gasteiger partial charge in [0.05, 0.1) is 5.92 Å². The molecule has 0 aromatic carbocycles. The third-order valence-corrected chi connectivity index (χ3v) is 4.43. The summed E-state index contributed by atoms with van der Waals surface area (Å²) in [5, 5.41) is 12.4. The van der Waals surface area contributed by atoms with Crippen LogP contribution in [-0.4, -0.2) is 23.0 Å². The second-order valence-corrected chi connectivity index (χ2v) is 5.95. The van der Waals surface area contributed by atoms with Crippen molar-refractivity contribution < 1.29 is 14.7 Å². The van der Waals surface area contributed by atoms with Crippen LogP contribution in [0.4, 0.5) is 0 Å². The minimum absolute atomic E-state index is 0.0349. The van der Waals surface area contributed by atoms with Crippen LogP contribution in [-0.2, 0) is 9.59 Å². The second-order valence-electron chi connectivity index (χ2n) is 5.95. The first-order valence-corrected chi connectivity index (χ1v) is 8.13. The first-order chi connectivity index (χ1) is 9.60. The van der Waals surface area contributed by atoms with Gasteiger partial charge in [-0.25, -0.2) is 0 Å². The molecule has 3 atom stereocenters. The van der Waals surface area contributed by atoms with Crippen molar-refractivity contribution >= 4 is 11.9 Å². The number of hydrogen-bond donors (Lipinski definition) is 2. The Hall–Kier alpha value is -1.06. The lowest BCUT2D eigenvalue weighted by Crippen LogP contribution is -2.45. The highest BCUT2D eigenvalue weighted by atomic mass is 16.4. The highest BCUT2D eigenvalue weighted by Gasteiger charge is 2.31. The van der Waals surface area contributed by atoms with Gasteiger partial charge >= 0.3 is 5.97 Å². The summed E-state index contributed by atoms with van der Waals surface area (Å²) in [5.41, 5.74) is 0. The molecule has 3 unspecified atom stereocenters. The van der Waals surface area contributed by atoms with Crippen molar-refractivity contribution in [3.8, 4) is 0 Å². The number of carboxylic acid groups (broad SMARTS) is 1. The monoisotopic (exact) mass is 283 g/mol. The Kier molecular flexibility index (Phi) is 7.63. The number of rotatable bonds is 7. The normalized spacial score (nSPS) is 24.7. The van der Waals surface area contributed by atoms with Crippen molar-refractivity contribution in [2.45, 2.75) is 77.7 Å². The predicted octanol–water partition coefficient (Wildman–Crippen LogP) is 3.35. The molecule has 1 aliphatic carbocycles. The fourth-order valence-electron chi connectivity index (χ4n) is 3.05. The van der Waals surface area contributed by atoms with E-state index in [1.54, 1.807) is 0 Å². The average molecular weight is 283 g/mol. The van der Waals surface area contributed by atoms with E-state index < -0.39 is 11.9 Å². The number of carboxylic acids is 1. The number of carbonyl (C=O) groups excluding carboxylic acids is 1. The SMILES string of the molecule is CCCCC(CC)C(=O)NC1CCCCCC1C(=O)O.